The monoisotopic (exact) mass is 410 g/mol. The molecule has 29 heavy (non-hydrogen) atoms. The molecule has 6 heteroatoms. The third-order valence-electron chi connectivity index (χ3n) is 3.97. The van der Waals surface area contributed by atoms with E-state index in [0.717, 1.165) is 44.9 Å². The number of esters is 3. The number of hydrogen-bond donors (Lipinski definition) is 0. The molecule has 0 bridgehead atoms. The standard InChI is InChI=1S/C23H38O6/c1-4-7-10-11-12-13-14-17-23(26)29-20(18-27-21(24)15-8-5-2)19-28-22(25)16-9-6-3/h10-11,13-14,20H,4-9,12,15-19H2,1-3H3/b11-10-,14-13-. The smallest absolute Gasteiger partial charge is 0.310 e. The van der Waals surface area contributed by atoms with E-state index in [1.165, 1.54) is 0 Å². The van der Waals surface area contributed by atoms with Crippen LogP contribution in [0.15, 0.2) is 24.3 Å². The second-order valence-corrected chi connectivity index (χ2v) is 6.86. The Hall–Kier alpha value is -2.11. The molecule has 0 aliphatic heterocycles. The first-order valence-corrected chi connectivity index (χ1v) is 10.8. The lowest BCUT2D eigenvalue weighted by Crippen LogP contribution is -2.30. The van der Waals surface area contributed by atoms with Crippen molar-refractivity contribution in [3.8, 4) is 0 Å². The van der Waals surface area contributed by atoms with E-state index in [1.54, 1.807) is 6.08 Å². The Balaban J connectivity index is 4.45. The molecule has 0 rings (SSSR count). The van der Waals surface area contributed by atoms with E-state index in [4.69, 9.17) is 14.2 Å². The number of allylic oxidation sites excluding steroid dienone is 3. The summed E-state index contributed by atoms with van der Waals surface area (Å²) in [6.45, 7) is 5.87. The van der Waals surface area contributed by atoms with Crippen LogP contribution in [0.3, 0.4) is 0 Å². The number of ether oxygens (including phenoxy) is 3. The van der Waals surface area contributed by atoms with Crippen molar-refractivity contribution in [3.05, 3.63) is 24.3 Å². The molecule has 0 aliphatic rings. The predicted octanol–water partition coefficient (Wildman–Crippen LogP) is 5.06. The van der Waals surface area contributed by atoms with E-state index in [0.29, 0.717) is 12.8 Å². The van der Waals surface area contributed by atoms with Crippen molar-refractivity contribution in [2.24, 2.45) is 0 Å². The quantitative estimate of drug-likeness (QED) is 0.189. The Kier molecular flexibility index (Phi) is 17.8. The van der Waals surface area contributed by atoms with Crippen LogP contribution in [-0.4, -0.2) is 37.2 Å². The van der Waals surface area contributed by atoms with E-state index in [1.807, 2.05) is 19.9 Å². The first kappa shape index (κ1) is 26.9. The third kappa shape index (κ3) is 17.7. The van der Waals surface area contributed by atoms with Crippen molar-refractivity contribution in [3.63, 3.8) is 0 Å². The number of carbonyl (C=O) groups excluding carboxylic acids is 3. The van der Waals surface area contributed by atoms with Crippen molar-refractivity contribution < 1.29 is 28.6 Å². The molecule has 0 aromatic carbocycles. The van der Waals surface area contributed by atoms with Crippen LogP contribution >= 0.6 is 0 Å². The van der Waals surface area contributed by atoms with Gasteiger partial charge in [-0.3, -0.25) is 14.4 Å². The van der Waals surface area contributed by atoms with Crippen LogP contribution in [0, 0.1) is 0 Å². The zero-order valence-corrected chi connectivity index (χ0v) is 18.3. The van der Waals surface area contributed by atoms with Crippen molar-refractivity contribution in [2.45, 2.75) is 91.1 Å². The van der Waals surface area contributed by atoms with Gasteiger partial charge in [-0.2, -0.15) is 0 Å². The fourth-order valence-corrected chi connectivity index (χ4v) is 2.24. The van der Waals surface area contributed by atoms with Crippen LogP contribution in [0.2, 0.25) is 0 Å². The average Bonchev–Trinajstić information content (AvgIpc) is 2.71. The SMILES string of the molecule is CCC/C=C\C/C=C\CC(=O)OC(COC(=O)CCCC)COC(=O)CCCC. The fraction of sp³-hybridized carbons (Fsp3) is 0.696. The Bertz CT molecular complexity index is 485. The molecule has 0 saturated carbocycles. The van der Waals surface area contributed by atoms with Gasteiger partial charge in [-0.15, -0.1) is 0 Å². The van der Waals surface area contributed by atoms with Gasteiger partial charge in [0.1, 0.15) is 13.2 Å². The molecule has 0 fully saturated rings. The summed E-state index contributed by atoms with van der Waals surface area (Å²) in [5.41, 5.74) is 0. The van der Waals surface area contributed by atoms with Gasteiger partial charge >= 0.3 is 17.9 Å². The molecule has 0 radical (unpaired) electrons. The van der Waals surface area contributed by atoms with E-state index in [2.05, 4.69) is 19.1 Å². The first-order chi connectivity index (χ1) is 14.0. The van der Waals surface area contributed by atoms with Crippen LogP contribution in [-0.2, 0) is 28.6 Å². The Morgan fingerprint density at radius 3 is 1.79 bits per heavy atom. The lowest BCUT2D eigenvalue weighted by Gasteiger charge is -2.18. The van der Waals surface area contributed by atoms with Crippen molar-refractivity contribution in [2.75, 3.05) is 13.2 Å². The van der Waals surface area contributed by atoms with Crippen molar-refractivity contribution in [1.29, 1.82) is 0 Å². The third-order valence-corrected chi connectivity index (χ3v) is 3.97. The van der Waals surface area contributed by atoms with Crippen molar-refractivity contribution in [1.82, 2.24) is 0 Å². The van der Waals surface area contributed by atoms with Crippen LogP contribution in [0.1, 0.15) is 85.0 Å². The second kappa shape index (κ2) is 19.2. The van der Waals surface area contributed by atoms with Gasteiger partial charge in [0.05, 0.1) is 6.42 Å². The molecule has 0 saturated heterocycles. The second-order valence-electron chi connectivity index (χ2n) is 6.86. The van der Waals surface area contributed by atoms with Crippen molar-refractivity contribution >= 4 is 17.9 Å². The molecule has 0 N–H and O–H groups in total. The lowest BCUT2D eigenvalue weighted by atomic mass is 10.2. The summed E-state index contributed by atoms with van der Waals surface area (Å²) in [5.74, 6) is -1.13. The molecular weight excluding hydrogens is 372 g/mol. The maximum atomic E-state index is 12.0. The lowest BCUT2D eigenvalue weighted by molar-refractivity contribution is -0.166. The van der Waals surface area contributed by atoms with Crippen LogP contribution in [0.25, 0.3) is 0 Å². The highest BCUT2D eigenvalue weighted by Crippen LogP contribution is 2.05. The molecule has 0 atom stereocenters. The molecule has 0 aromatic heterocycles. The largest absolute Gasteiger partial charge is 0.462 e. The van der Waals surface area contributed by atoms with Crippen LogP contribution in [0.5, 0.6) is 0 Å². The van der Waals surface area contributed by atoms with Crippen LogP contribution in [0.4, 0.5) is 0 Å². The van der Waals surface area contributed by atoms with Gasteiger partial charge < -0.3 is 14.2 Å². The molecule has 0 unspecified atom stereocenters. The first-order valence-electron chi connectivity index (χ1n) is 10.8. The van der Waals surface area contributed by atoms with Gasteiger partial charge in [0.25, 0.3) is 0 Å². The molecule has 0 spiro atoms. The fourth-order valence-electron chi connectivity index (χ4n) is 2.24. The van der Waals surface area contributed by atoms with Gasteiger partial charge in [0.15, 0.2) is 6.10 Å². The minimum absolute atomic E-state index is 0.112. The summed E-state index contributed by atoms with van der Waals surface area (Å²) >= 11 is 0. The topological polar surface area (TPSA) is 78.9 Å². The summed E-state index contributed by atoms with van der Waals surface area (Å²) in [7, 11) is 0. The Labute approximate surface area is 175 Å². The Morgan fingerprint density at radius 1 is 0.724 bits per heavy atom. The highest BCUT2D eigenvalue weighted by molar-refractivity contribution is 5.72. The highest BCUT2D eigenvalue weighted by Gasteiger charge is 2.18. The summed E-state index contributed by atoms with van der Waals surface area (Å²) in [4.78, 5) is 35.5. The van der Waals surface area contributed by atoms with E-state index in [-0.39, 0.29) is 31.6 Å². The molecule has 166 valence electrons. The van der Waals surface area contributed by atoms with Gasteiger partial charge in [0.2, 0.25) is 0 Å². The van der Waals surface area contributed by atoms with E-state index in [9.17, 15) is 14.4 Å². The summed E-state index contributed by atoms with van der Waals surface area (Å²) in [6, 6.07) is 0. The predicted molar refractivity (Wildman–Crippen MR) is 113 cm³/mol. The number of carbonyl (C=O) groups is 3. The van der Waals surface area contributed by atoms with E-state index < -0.39 is 12.1 Å². The number of rotatable bonds is 17. The number of unbranched alkanes of at least 4 members (excludes halogenated alkanes) is 3. The molecule has 0 amide bonds. The number of hydrogen-bond acceptors (Lipinski definition) is 6. The summed E-state index contributed by atoms with van der Waals surface area (Å²) in [5, 5.41) is 0. The highest BCUT2D eigenvalue weighted by atomic mass is 16.6. The summed E-state index contributed by atoms with van der Waals surface area (Å²) < 4.78 is 15.7. The van der Waals surface area contributed by atoms with Gasteiger partial charge in [-0.1, -0.05) is 64.3 Å². The molecule has 0 heterocycles. The normalized spacial score (nSPS) is 11.3. The molecule has 0 aliphatic carbocycles. The zero-order chi connectivity index (χ0) is 21.7. The average molecular weight is 411 g/mol. The van der Waals surface area contributed by atoms with Gasteiger partial charge in [-0.05, 0) is 25.7 Å². The Morgan fingerprint density at radius 2 is 1.28 bits per heavy atom. The molecule has 0 aromatic rings. The maximum absolute atomic E-state index is 12.0. The zero-order valence-electron chi connectivity index (χ0n) is 18.3. The van der Waals surface area contributed by atoms with Gasteiger partial charge in [0, 0.05) is 12.8 Å². The van der Waals surface area contributed by atoms with E-state index >= 15 is 0 Å². The molecular formula is C23H38O6. The van der Waals surface area contributed by atoms with Gasteiger partial charge in [-0.25, -0.2) is 0 Å². The minimum atomic E-state index is -0.795. The molecule has 6 nitrogen and oxygen atoms in total. The summed E-state index contributed by atoms with van der Waals surface area (Å²) in [6.07, 6.45) is 14.0. The van der Waals surface area contributed by atoms with Crippen LogP contribution < -0.4 is 0 Å². The maximum Gasteiger partial charge on any atom is 0.310 e. The minimum Gasteiger partial charge on any atom is -0.462 e.